The SMILES string of the molecule is CCc1cc(C)c2c(c1)[C@H]1CNC[C@@H]1N(CCOC)C2=O. The molecule has 114 valence electrons. The van der Waals surface area contributed by atoms with Crippen LogP contribution in [0.5, 0.6) is 0 Å². The van der Waals surface area contributed by atoms with Crippen LogP contribution in [0.25, 0.3) is 0 Å². The van der Waals surface area contributed by atoms with E-state index < -0.39 is 0 Å². The molecule has 2 aliphatic heterocycles. The molecule has 3 rings (SSSR count). The third-order valence-corrected chi connectivity index (χ3v) is 4.83. The van der Waals surface area contributed by atoms with Crippen molar-refractivity contribution in [2.75, 3.05) is 33.4 Å². The summed E-state index contributed by atoms with van der Waals surface area (Å²) in [4.78, 5) is 14.9. The molecule has 1 fully saturated rings. The molecular formula is C17H24N2O2. The zero-order valence-corrected chi connectivity index (χ0v) is 13.1. The maximum atomic E-state index is 12.9. The maximum Gasteiger partial charge on any atom is 0.254 e. The second-order valence-corrected chi connectivity index (χ2v) is 6.05. The van der Waals surface area contributed by atoms with E-state index in [0.29, 0.717) is 19.1 Å². The number of methoxy groups -OCH3 is 1. The molecule has 1 N–H and O–H groups in total. The fraction of sp³-hybridized carbons (Fsp3) is 0.588. The van der Waals surface area contributed by atoms with E-state index in [1.54, 1.807) is 7.11 Å². The predicted octanol–water partition coefficient (Wildman–Crippen LogP) is 1.72. The number of benzene rings is 1. The zero-order valence-electron chi connectivity index (χ0n) is 13.1. The van der Waals surface area contributed by atoms with Gasteiger partial charge in [-0.1, -0.05) is 19.1 Å². The van der Waals surface area contributed by atoms with Crippen molar-refractivity contribution in [3.8, 4) is 0 Å². The van der Waals surface area contributed by atoms with Crippen LogP contribution in [0.15, 0.2) is 12.1 Å². The number of nitrogens with one attached hydrogen (secondary N) is 1. The molecule has 4 heteroatoms. The molecule has 0 spiro atoms. The molecule has 0 radical (unpaired) electrons. The summed E-state index contributed by atoms with van der Waals surface area (Å²) in [5, 5.41) is 3.45. The second kappa shape index (κ2) is 5.78. The Morgan fingerprint density at radius 3 is 2.90 bits per heavy atom. The first-order chi connectivity index (χ1) is 10.2. The first-order valence-electron chi connectivity index (χ1n) is 7.81. The van der Waals surface area contributed by atoms with Crippen LogP contribution in [0.2, 0.25) is 0 Å². The summed E-state index contributed by atoms with van der Waals surface area (Å²) < 4.78 is 5.18. The Balaban J connectivity index is 2.06. The van der Waals surface area contributed by atoms with Crippen molar-refractivity contribution in [2.45, 2.75) is 32.2 Å². The average Bonchev–Trinajstić information content (AvgIpc) is 2.95. The summed E-state index contributed by atoms with van der Waals surface area (Å²) in [5.74, 6) is 0.590. The molecule has 2 heterocycles. The molecule has 1 aromatic rings. The molecule has 1 amide bonds. The molecule has 0 aromatic heterocycles. The number of aryl methyl sites for hydroxylation is 2. The van der Waals surface area contributed by atoms with Crippen LogP contribution in [-0.2, 0) is 11.2 Å². The molecule has 1 saturated heterocycles. The van der Waals surface area contributed by atoms with Crippen LogP contribution in [0.1, 0.15) is 39.9 Å². The van der Waals surface area contributed by atoms with E-state index in [1.165, 1.54) is 11.1 Å². The molecule has 4 nitrogen and oxygen atoms in total. The Labute approximate surface area is 126 Å². The van der Waals surface area contributed by atoms with Gasteiger partial charge in [-0.25, -0.2) is 0 Å². The minimum atomic E-state index is 0.173. The molecule has 2 aliphatic rings. The Morgan fingerprint density at radius 1 is 1.38 bits per heavy atom. The topological polar surface area (TPSA) is 41.6 Å². The Hall–Kier alpha value is -1.39. The number of amides is 1. The van der Waals surface area contributed by atoms with Gasteiger partial charge in [0.2, 0.25) is 0 Å². The number of nitrogens with zero attached hydrogens (tertiary/aromatic N) is 1. The van der Waals surface area contributed by atoms with E-state index in [-0.39, 0.29) is 11.9 Å². The minimum absolute atomic E-state index is 0.173. The number of carbonyl (C=O) groups excluding carboxylic acids is 1. The van der Waals surface area contributed by atoms with E-state index >= 15 is 0 Å². The molecular weight excluding hydrogens is 264 g/mol. The number of rotatable bonds is 4. The summed E-state index contributed by atoms with van der Waals surface area (Å²) in [5.41, 5.74) is 4.62. The Bertz CT molecular complexity index is 556. The number of fused-ring (bicyclic) bond motifs is 3. The van der Waals surface area contributed by atoms with Gasteiger partial charge < -0.3 is 15.0 Å². The van der Waals surface area contributed by atoms with Gasteiger partial charge in [-0.05, 0) is 30.0 Å². The molecule has 1 aromatic carbocycles. The molecule has 0 saturated carbocycles. The molecule has 0 unspecified atom stereocenters. The first-order valence-corrected chi connectivity index (χ1v) is 7.81. The van der Waals surface area contributed by atoms with Gasteiger partial charge in [-0.2, -0.15) is 0 Å². The number of hydrogen-bond donors (Lipinski definition) is 1. The molecule has 0 bridgehead atoms. The van der Waals surface area contributed by atoms with Crippen molar-refractivity contribution >= 4 is 5.91 Å². The number of carbonyl (C=O) groups is 1. The van der Waals surface area contributed by atoms with Gasteiger partial charge in [-0.3, -0.25) is 4.79 Å². The van der Waals surface area contributed by atoms with Gasteiger partial charge in [0.05, 0.1) is 12.6 Å². The third kappa shape index (κ3) is 2.36. The van der Waals surface area contributed by atoms with Crippen molar-refractivity contribution in [2.24, 2.45) is 0 Å². The lowest BCUT2D eigenvalue weighted by atomic mass is 9.81. The van der Waals surface area contributed by atoms with Gasteiger partial charge in [0.15, 0.2) is 0 Å². The minimum Gasteiger partial charge on any atom is -0.383 e. The zero-order chi connectivity index (χ0) is 15.0. The third-order valence-electron chi connectivity index (χ3n) is 4.83. The average molecular weight is 288 g/mol. The summed E-state index contributed by atoms with van der Waals surface area (Å²) in [6, 6.07) is 4.68. The smallest absolute Gasteiger partial charge is 0.254 e. The van der Waals surface area contributed by atoms with Crippen LogP contribution in [0.3, 0.4) is 0 Å². The van der Waals surface area contributed by atoms with Gasteiger partial charge in [-0.15, -0.1) is 0 Å². The van der Waals surface area contributed by atoms with Crippen molar-refractivity contribution in [1.82, 2.24) is 10.2 Å². The normalized spacial score (nSPS) is 24.1. The van der Waals surface area contributed by atoms with Gasteiger partial charge in [0.1, 0.15) is 0 Å². The van der Waals surface area contributed by atoms with Crippen molar-refractivity contribution in [3.63, 3.8) is 0 Å². The Morgan fingerprint density at radius 2 is 2.19 bits per heavy atom. The van der Waals surface area contributed by atoms with Crippen LogP contribution in [-0.4, -0.2) is 50.2 Å². The quantitative estimate of drug-likeness (QED) is 0.917. The molecule has 21 heavy (non-hydrogen) atoms. The summed E-state index contributed by atoms with van der Waals surface area (Å²) in [6.45, 7) is 7.34. The van der Waals surface area contributed by atoms with E-state index in [0.717, 1.165) is 30.6 Å². The van der Waals surface area contributed by atoms with Gasteiger partial charge >= 0.3 is 0 Å². The van der Waals surface area contributed by atoms with Crippen LogP contribution >= 0.6 is 0 Å². The standard InChI is InChI=1S/C17H24N2O2/c1-4-12-7-11(2)16-13(8-12)14-9-18-10-15(14)19(17(16)20)5-6-21-3/h7-8,14-15,18H,4-6,9-10H2,1-3H3/t14-,15+/m1/s1. The summed E-state index contributed by atoms with van der Waals surface area (Å²) >= 11 is 0. The first kappa shape index (κ1) is 14.5. The van der Waals surface area contributed by atoms with Crippen LogP contribution in [0, 0.1) is 6.92 Å². The summed E-state index contributed by atoms with van der Waals surface area (Å²) in [6.07, 6.45) is 1.01. The highest BCUT2D eigenvalue weighted by Crippen LogP contribution is 2.37. The Kier molecular flexibility index (Phi) is 4.00. The predicted molar refractivity (Wildman–Crippen MR) is 82.9 cm³/mol. The number of ether oxygens (including phenoxy) is 1. The van der Waals surface area contributed by atoms with Crippen molar-refractivity contribution in [3.05, 3.63) is 34.4 Å². The lowest BCUT2D eigenvalue weighted by molar-refractivity contribution is 0.0570. The molecule has 2 atom stereocenters. The second-order valence-electron chi connectivity index (χ2n) is 6.05. The highest BCUT2D eigenvalue weighted by molar-refractivity contribution is 5.99. The highest BCUT2D eigenvalue weighted by Gasteiger charge is 2.42. The largest absolute Gasteiger partial charge is 0.383 e. The molecule has 0 aliphatic carbocycles. The van der Waals surface area contributed by atoms with Crippen LogP contribution < -0.4 is 5.32 Å². The fourth-order valence-corrected chi connectivity index (χ4v) is 3.74. The monoisotopic (exact) mass is 288 g/mol. The van der Waals surface area contributed by atoms with Crippen molar-refractivity contribution in [1.29, 1.82) is 0 Å². The fourth-order valence-electron chi connectivity index (χ4n) is 3.74. The number of hydrogen-bond acceptors (Lipinski definition) is 3. The highest BCUT2D eigenvalue weighted by atomic mass is 16.5. The van der Waals surface area contributed by atoms with E-state index in [1.807, 2.05) is 4.90 Å². The lowest BCUT2D eigenvalue weighted by Gasteiger charge is -2.39. The maximum absolute atomic E-state index is 12.9. The van der Waals surface area contributed by atoms with Crippen molar-refractivity contribution < 1.29 is 9.53 Å². The van der Waals surface area contributed by atoms with E-state index in [2.05, 4.69) is 31.3 Å². The van der Waals surface area contributed by atoms with Gasteiger partial charge in [0.25, 0.3) is 5.91 Å². The van der Waals surface area contributed by atoms with Crippen LogP contribution in [0.4, 0.5) is 0 Å². The summed E-state index contributed by atoms with van der Waals surface area (Å²) in [7, 11) is 1.69. The lowest BCUT2D eigenvalue weighted by Crippen LogP contribution is -2.49. The van der Waals surface area contributed by atoms with Gasteiger partial charge in [0, 0.05) is 38.2 Å². The van der Waals surface area contributed by atoms with E-state index in [4.69, 9.17) is 4.74 Å². The van der Waals surface area contributed by atoms with E-state index in [9.17, 15) is 4.79 Å².